The molecule has 2 amide bonds. The highest BCUT2D eigenvalue weighted by molar-refractivity contribution is 6.34. The summed E-state index contributed by atoms with van der Waals surface area (Å²) in [4.78, 5) is 28.8. The second-order valence-corrected chi connectivity index (χ2v) is 6.49. The van der Waals surface area contributed by atoms with Crippen molar-refractivity contribution in [2.75, 3.05) is 5.32 Å². The molecular weight excluding hydrogens is 338 g/mol. The molecule has 1 unspecified atom stereocenters. The predicted octanol–water partition coefficient (Wildman–Crippen LogP) is 4.13. The van der Waals surface area contributed by atoms with E-state index < -0.39 is 5.91 Å². The quantitative estimate of drug-likeness (QED) is 0.843. The van der Waals surface area contributed by atoms with Crippen LogP contribution in [-0.4, -0.2) is 22.8 Å². The van der Waals surface area contributed by atoms with Gasteiger partial charge in [-0.3, -0.25) is 9.59 Å². The van der Waals surface area contributed by atoms with Crippen LogP contribution in [0.2, 0.25) is 5.02 Å². The number of hydrogen-bond acceptors (Lipinski definition) is 3. The van der Waals surface area contributed by atoms with Gasteiger partial charge in [0, 0.05) is 6.04 Å². The van der Waals surface area contributed by atoms with Crippen molar-refractivity contribution in [2.45, 2.75) is 40.2 Å². The number of aryl methyl sites for hydroxylation is 2. The molecule has 25 heavy (non-hydrogen) atoms. The molecule has 5 nitrogen and oxygen atoms in total. The van der Waals surface area contributed by atoms with Crippen LogP contribution in [0.15, 0.2) is 30.3 Å². The Morgan fingerprint density at radius 1 is 1.16 bits per heavy atom. The number of carbonyl (C=O) groups is 2. The Kier molecular flexibility index (Phi) is 6.15. The van der Waals surface area contributed by atoms with E-state index in [1.165, 1.54) is 0 Å². The summed E-state index contributed by atoms with van der Waals surface area (Å²) in [5.41, 5.74) is 2.80. The lowest BCUT2D eigenvalue weighted by atomic mass is 10.1. The van der Waals surface area contributed by atoms with Crippen molar-refractivity contribution in [1.82, 2.24) is 10.3 Å². The van der Waals surface area contributed by atoms with Gasteiger partial charge in [-0.05, 0) is 56.5 Å². The lowest BCUT2D eigenvalue weighted by molar-refractivity contribution is 0.0934. The largest absolute Gasteiger partial charge is 0.348 e. The first-order chi connectivity index (χ1) is 11.8. The zero-order valence-electron chi connectivity index (χ0n) is 14.8. The number of aromatic nitrogens is 1. The summed E-state index contributed by atoms with van der Waals surface area (Å²) in [5, 5.41) is 6.08. The SMILES string of the molecule is CCC(C)NC(=O)c1cccc(C(=O)Nc2c(C)cc(C)cc2Cl)n1. The van der Waals surface area contributed by atoms with Crippen LogP contribution in [0.5, 0.6) is 0 Å². The van der Waals surface area contributed by atoms with Gasteiger partial charge >= 0.3 is 0 Å². The Labute approximate surface area is 152 Å². The average Bonchev–Trinajstić information content (AvgIpc) is 2.57. The van der Waals surface area contributed by atoms with E-state index in [0.29, 0.717) is 10.7 Å². The van der Waals surface area contributed by atoms with Gasteiger partial charge in [0.05, 0.1) is 10.7 Å². The molecule has 0 bridgehead atoms. The van der Waals surface area contributed by atoms with E-state index in [2.05, 4.69) is 15.6 Å². The number of halogens is 1. The van der Waals surface area contributed by atoms with Crippen LogP contribution in [0.25, 0.3) is 0 Å². The van der Waals surface area contributed by atoms with Gasteiger partial charge in [0.25, 0.3) is 11.8 Å². The fourth-order valence-corrected chi connectivity index (χ4v) is 2.71. The summed E-state index contributed by atoms with van der Waals surface area (Å²) >= 11 is 6.22. The highest BCUT2D eigenvalue weighted by Gasteiger charge is 2.15. The lowest BCUT2D eigenvalue weighted by Gasteiger charge is -2.13. The molecule has 2 rings (SSSR count). The maximum absolute atomic E-state index is 12.5. The highest BCUT2D eigenvalue weighted by atomic mass is 35.5. The Bertz CT molecular complexity index is 782. The minimum Gasteiger partial charge on any atom is -0.348 e. The van der Waals surface area contributed by atoms with Crippen LogP contribution in [0.4, 0.5) is 5.69 Å². The number of nitrogens with one attached hydrogen (secondary N) is 2. The molecule has 1 atom stereocenters. The summed E-state index contributed by atoms with van der Waals surface area (Å²) in [6.45, 7) is 7.70. The van der Waals surface area contributed by atoms with Crippen LogP contribution in [-0.2, 0) is 0 Å². The number of benzene rings is 1. The molecule has 0 aliphatic heterocycles. The lowest BCUT2D eigenvalue weighted by Crippen LogP contribution is -2.32. The molecule has 1 aromatic carbocycles. The first-order valence-corrected chi connectivity index (χ1v) is 8.55. The Morgan fingerprint density at radius 3 is 2.40 bits per heavy atom. The minimum absolute atomic E-state index is 0.0424. The normalized spacial score (nSPS) is 11.7. The van der Waals surface area contributed by atoms with Gasteiger partial charge < -0.3 is 10.6 Å². The number of amides is 2. The van der Waals surface area contributed by atoms with Crippen LogP contribution < -0.4 is 10.6 Å². The molecule has 1 aromatic heterocycles. The van der Waals surface area contributed by atoms with Crippen molar-refractivity contribution < 1.29 is 9.59 Å². The van der Waals surface area contributed by atoms with E-state index in [4.69, 9.17) is 11.6 Å². The molecule has 132 valence electrons. The van der Waals surface area contributed by atoms with Gasteiger partial charge in [-0.1, -0.05) is 30.7 Å². The van der Waals surface area contributed by atoms with Crippen molar-refractivity contribution >= 4 is 29.1 Å². The van der Waals surface area contributed by atoms with Crippen LogP contribution >= 0.6 is 11.6 Å². The van der Waals surface area contributed by atoms with E-state index in [1.54, 1.807) is 24.3 Å². The average molecular weight is 360 g/mol. The highest BCUT2D eigenvalue weighted by Crippen LogP contribution is 2.27. The molecule has 6 heteroatoms. The molecule has 0 aliphatic rings. The molecule has 0 radical (unpaired) electrons. The second kappa shape index (κ2) is 8.12. The molecule has 0 spiro atoms. The second-order valence-electron chi connectivity index (χ2n) is 6.08. The third-order valence-electron chi connectivity index (χ3n) is 3.87. The Morgan fingerprint density at radius 2 is 1.80 bits per heavy atom. The number of carbonyl (C=O) groups excluding carboxylic acids is 2. The molecule has 0 saturated carbocycles. The fraction of sp³-hybridized carbons (Fsp3) is 0.316. The number of nitrogens with zero attached hydrogens (tertiary/aromatic N) is 1. The summed E-state index contributed by atoms with van der Waals surface area (Å²) in [7, 11) is 0. The monoisotopic (exact) mass is 359 g/mol. The summed E-state index contributed by atoms with van der Waals surface area (Å²) < 4.78 is 0. The van der Waals surface area contributed by atoms with Gasteiger partial charge in [-0.25, -0.2) is 4.98 Å². The summed E-state index contributed by atoms with van der Waals surface area (Å²) in [6.07, 6.45) is 0.817. The smallest absolute Gasteiger partial charge is 0.274 e. The zero-order chi connectivity index (χ0) is 18.6. The van der Waals surface area contributed by atoms with Crippen LogP contribution in [0.3, 0.4) is 0 Å². The Balaban J connectivity index is 2.21. The number of anilines is 1. The number of hydrogen-bond donors (Lipinski definition) is 2. The van der Waals surface area contributed by atoms with Gasteiger partial charge in [-0.2, -0.15) is 0 Å². The molecule has 1 heterocycles. The first kappa shape index (κ1) is 18.9. The first-order valence-electron chi connectivity index (χ1n) is 8.17. The van der Waals surface area contributed by atoms with Crippen molar-refractivity contribution in [3.8, 4) is 0 Å². The molecule has 0 aliphatic carbocycles. The standard InChI is InChI=1S/C19H22ClN3O2/c1-5-13(4)21-18(24)15-7-6-8-16(22-15)19(25)23-17-12(3)9-11(2)10-14(17)20/h6-10,13H,5H2,1-4H3,(H,21,24)(H,23,25). The molecule has 2 aromatic rings. The van der Waals surface area contributed by atoms with Gasteiger partial charge in [0.15, 0.2) is 0 Å². The van der Waals surface area contributed by atoms with E-state index in [-0.39, 0.29) is 23.3 Å². The predicted molar refractivity (Wildman–Crippen MR) is 100 cm³/mol. The molecule has 0 fully saturated rings. The van der Waals surface area contributed by atoms with Gasteiger partial charge in [0.1, 0.15) is 11.4 Å². The van der Waals surface area contributed by atoms with Crippen LogP contribution in [0, 0.1) is 13.8 Å². The molecule has 2 N–H and O–H groups in total. The van der Waals surface area contributed by atoms with Crippen molar-refractivity contribution in [3.63, 3.8) is 0 Å². The van der Waals surface area contributed by atoms with Crippen LogP contribution in [0.1, 0.15) is 52.4 Å². The van der Waals surface area contributed by atoms with E-state index >= 15 is 0 Å². The van der Waals surface area contributed by atoms with Gasteiger partial charge in [0.2, 0.25) is 0 Å². The van der Waals surface area contributed by atoms with Gasteiger partial charge in [-0.15, -0.1) is 0 Å². The molecule has 0 saturated heterocycles. The maximum atomic E-state index is 12.5. The third-order valence-corrected chi connectivity index (χ3v) is 4.17. The molecular formula is C19H22ClN3O2. The summed E-state index contributed by atoms with van der Waals surface area (Å²) in [5.74, 6) is -0.708. The van der Waals surface area contributed by atoms with E-state index in [0.717, 1.165) is 17.5 Å². The van der Waals surface area contributed by atoms with Crippen molar-refractivity contribution in [3.05, 3.63) is 57.9 Å². The minimum atomic E-state index is -0.410. The maximum Gasteiger partial charge on any atom is 0.274 e. The zero-order valence-corrected chi connectivity index (χ0v) is 15.6. The van der Waals surface area contributed by atoms with Crippen molar-refractivity contribution in [2.24, 2.45) is 0 Å². The number of pyridine rings is 1. The van der Waals surface area contributed by atoms with Crippen molar-refractivity contribution in [1.29, 1.82) is 0 Å². The fourth-order valence-electron chi connectivity index (χ4n) is 2.34. The summed E-state index contributed by atoms with van der Waals surface area (Å²) in [6, 6.07) is 8.54. The Hall–Kier alpha value is -2.40. The van der Waals surface area contributed by atoms with E-state index in [1.807, 2.05) is 33.8 Å². The number of rotatable bonds is 5. The topological polar surface area (TPSA) is 71.1 Å². The third kappa shape index (κ3) is 4.79. The van der Waals surface area contributed by atoms with E-state index in [9.17, 15) is 9.59 Å².